The molecule has 3 nitrogen and oxygen atoms in total. The minimum atomic E-state index is -0.568. The molecule has 3 heterocycles. The molecular formula is C18H22N2O. The van der Waals surface area contributed by atoms with Gasteiger partial charge in [-0.3, -0.25) is 4.98 Å². The van der Waals surface area contributed by atoms with Crippen molar-refractivity contribution in [1.82, 2.24) is 9.88 Å². The first-order valence-electron chi connectivity index (χ1n) is 8.03. The van der Waals surface area contributed by atoms with Crippen LogP contribution in [0.4, 0.5) is 0 Å². The molecule has 2 saturated heterocycles. The third-order valence-electron chi connectivity index (χ3n) is 5.15. The zero-order valence-corrected chi connectivity index (χ0v) is 12.3. The summed E-state index contributed by atoms with van der Waals surface area (Å²) in [7, 11) is 0. The van der Waals surface area contributed by atoms with E-state index in [1.165, 1.54) is 24.8 Å². The molecule has 2 atom stereocenters. The molecule has 2 aromatic rings. The topological polar surface area (TPSA) is 36.4 Å². The van der Waals surface area contributed by atoms with Gasteiger partial charge >= 0.3 is 0 Å². The van der Waals surface area contributed by atoms with Gasteiger partial charge in [-0.2, -0.15) is 0 Å². The Bertz CT molecular complexity index is 656. The smallest absolute Gasteiger partial charge is 0.0730 e. The fraction of sp³-hybridized carbons (Fsp3) is 0.500. The largest absolute Gasteiger partial charge is 0.389 e. The number of pyridine rings is 1. The van der Waals surface area contributed by atoms with Gasteiger partial charge in [-0.25, -0.2) is 0 Å². The van der Waals surface area contributed by atoms with E-state index in [0.29, 0.717) is 12.5 Å². The summed E-state index contributed by atoms with van der Waals surface area (Å²) in [5.41, 5.74) is 1.47. The average molecular weight is 282 g/mol. The lowest BCUT2D eigenvalue weighted by Gasteiger charge is -2.40. The minimum Gasteiger partial charge on any atom is -0.389 e. The molecule has 1 aromatic heterocycles. The van der Waals surface area contributed by atoms with Gasteiger partial charge in [0.05, 0.1) is 11.1 Å². The molecule has 0 saturated carbocycles. The first-order valence-corrected chi connectivity index (χ1v) is 8.03. The summed E-state index contributed by atoms with van der Waals surface area (Å²) in [4.78, 5) is 7.27. The summed E-state index contributed by atoms with van der Waals surface area (Å²) in [6.45, 7) is 2.25. The number of benzene rings is 1. The van der Waals surface area contributed by atoms with Crippen LogP contribution in [0, 0.1) is 0 Å². The molecule has 2 aliphatic heterocycles. The third kappa shape index (κ3) is 2.56. The van der Waals surface area contributed by atoms with Gasteiger partial charge in [0.15, 0.2) is 0 Å². The van der Waals surface area contributed by atoms with Gasteiger partial charge in [-0.05, 0) is 44.4 Å². The summed E-state index contributed by atoms with van der Waals surface area (Å²) in [6.07, 6.45) is 4.99. The second-order valence-corrected chi connectivity index (χ2v) is 6.68. The Morgan fingerprint density at radius 3 is 3.05 bits per heavy atom. The van der Waals surface area contributed by atoms with E-state index in [1.807, 2.05) is 18.2 Å². The summed E-state index contributed by atoms with van der Waals surface area (Å²) >= 11 is 0. The van der Waals surface area contributed by atoms with E-state index in [-0.39, 0.29) is 0 Å². The quantitative estimate of drug-likeness (QED) is 0.920. The van der Waals surface area contributed by atoms with Gasteiger partial charge in [0, 0.05) is 30.1 Å². The van der Waals surface area contributed by atoms with Gasteiger partial charge in [-0.1, -0.05) is 24.3 Å². The summed E-state index contributed by atoms with van der Waals surface area (Å²) in [5.74, 6) is 0. The highest BCUT2D eigenvalue weighted by molar-refractivity contribution is 5.78. The standard InChI is InChI=1S/C18H22N2O/c21-18(9-11-20-10-3-5-16(20)13-18)12-15-8-7-14-4-1-2-6-17(14)19-15/h1-2,4,6-8,16,21H,3,5,9-13H2. The molecule has 110 valence electrons. The van der Waals surface area contributed by atoms with Gasteiger partial charge in [-0.15, -0.1) is 0 Å². The van der Waals surface area contributed by atoms with Crippen LogP contribution in [0.2, 0.25) is 0 Å². The Hall–Kier alpha value is -1.45. The maximum Gasteiger partial charge on any atom is 0.0730 e. The third-order valence-corrected chi connectivity index (χ3v) is 5.15. The Morgan fingerprint density at radius 1 is 1.19 bits per heavy atom. The predicted molar refractivity (Wildman–Crippen MR) is 84.2 cm³/mol. The van der Waals surface area contributed by atoms with Crippen LogP contribution in [0.15, 0.2) is 36.4 Å². The van der Waals surface area contributed by atoms with Crippen molar-refractivity contribution in [3.8, 4) is 0 Å². The molecule has 0 aliphatic carbocycles. The second kappa shape index (κ2) is 5.08. The monoisotopic (exact) mass is 282 g/mol. The fourth-order valence-electron chi connectivity index (χ4n) is 4.02. The van der Waals surface area contributed by atoms with Gasteiger partial charge < -0.3 is 10.0 Å². The van der Waals surface area contributed by atoms with Gasteiger partial charge in [0.25, 0.3) is 0 Å². The van der Waals surface area contributed by atoms with Crippen LogP contribution in [-0.4, -0.2) is 39.7 Å². The lowest BCUT2D eigenvalue weighted by Crippen LogP contribution is -2.48. The van der Waals surface area contributed by atoms with Crippen LogP contribution in [0.5, 0.6) is 0 Å². The van der Waals surface area contributed by atoms with E-state index in [9.17, 15) is 5.11 Å². The van der Waals surface area contributed by atoms with Crippen molar-refractivity contribution < 1.29 is 5.11 Å². The number of aliphatic hydroxyl groups is 1. The lowest BCUT2D eigenvalue weighted by molar-refractivity contribution is -0.0359. The van der Waals surface area contributed by atoms with Crippen molar-refractivity contribution in [2.24, 2.45) is 0 Å². The molecule has 0 amide bonds. The number of aromatic nitrogens is 1. The van der Waals surface area contributed by atoms with Crippen molar-refractivity contribution in [3.05, 3.63) is 42.1 Å². The summed E-state index contributed by atoms with van der Waals surface area (Å²) in [5, 5.41) is 12.1. The molecule has 1 aromatic carbocycles. The molecule has 2 fully saturated rings. The first-order chi connectivity index (χ1) is 10.2. The van der Waals surface area contributed by atoms with E-state index >= 15 is 0 Å². The maximum atomic E-state index is 11.0. The van der Waals surface area contributed by atoms with Gasteiger partial charge in [0.1, 0.15) is 0 Å². The normalized spacial score (nSPS) is 29.7. The molecule has 21 heavy (non-hydrogen) atoms. The summed E-state index contributed by atoms with van der Waals surface area (Å²) in [6, 6.07) is 13.0. The number of fused-ring (bicyclic) bond motifs is 2. The Labute approximate surface area is 125 Å². The Balaban J connectivity index is 1.55. The molecule has 0 bridgehead atoms. The van der Waals surface area contributed by atoms with Crippen LogP contribution in [0.3, 0.4) is 0 Å². The van der Waals surface area contributed by atoms with Crippen molar-refractivity contribution in [2.45, 2.75) is 43.7 Å². The second-order valence-electron chi connectivity index (χ2n) is 6.68. The number of hydrogen-bond acceptors (Lipinski definition) is 3. The average Bonchev–Trinajstić information content (AvgIpc) is 2.94. The van der Waals surface area contributed by atoms with E-state index in [2.05, 4.69) is 23.1 Å². The Morgan fingerprint density at radius 2 is 2.10 bits per heavy atom. The fourth-order valence-corrected chi connectivity index (χ4v) is 4.02. The highest BCUT2D eigenvalue weighted by Crippen LogP contribution is 2.35. The Kier molecular flexibility index (Phi) is 3.20. The van der Waals surface area contributed by atoms with Crippen molar-refractivity contribution in [2.75, 3.05) is 13.1 Å². The number of piperidine rings is 1. The van der Waals surface area contributed by atoms with E-state index in [4.69, 9.17) is 4.98 Å². The first kappa shape index (κ1) is 13.2. The van der Waals surface area contributed by atoms with Crippen LogP contribution >= 0.6 is 0 Å². The molecule has 4 rings (SSSR count). The van der Waals surface area contributed by atoms with Gasteiger partial charge in [0.2, 0.25) is 0 Å². The van der Waals surface area contributed by atoms with E-state index < -0.39 is 5.60 Å². The zero-order valence-electron chi connectivity index (χ0n) is 12.3. The molecule has 2 unspecified atom stereocenters. The number of hydrogen-bond donors (Lipinski definition) is 1. The number of nitrogens with zero attached hydrogens (tertiary/aromatic N) is 2. The van der Waals surface area contributed by atoms with E-state index in [0.717, 1.165) is 30.6 Å². The number of para-hydroxylation sites is 1. The van der Waals surface area contributed by atoms with Crippen LogP contribution in [0.25, 0.3) is 10.9 Å². The minimum absolute atomic E-state index is 0.568. The maximum absolute atomic E-state index is 11.0. The van der Waals surface area contributed by atoms with Crippen LogP contribution < -0.4 is 0 Å². The van der Waals surface area contributed by atoms with Crippen molar-refractivity contribution in [1.29, 1.82) is 0 Å². The highest BCUT2D eigenvalue weighted by atomic mass is 16.3. The van der Waals surface area contributed by atoms with Crippen LogP contribution in [-0.2, 0) is 6.42 Å². The van der Waals surface area contributed by atoms with Crippen molar-refractivity contribution in [3.63, 3.8) is 0 Å². The molecular weight excluding hydrogens is 260 g/mol. The summed E-state index contributed by atoms with van der Waals surface area (Å²) < 4.78 is 0. The molecule has 1 N–H and O–H groups in total. The molecule has 0 spiro atoms. The highest BCUT2D eigenvalue weighted by Gasteiger charge is 2.40. The SMILES string of the molecule is OC1(Cc2ccc3ccccc3n2)CCN2CCCC2C1. The molecule has 3 heteroatoms. The van der Waals surface area contributed by atoms with E-state index in [1.54, 1.807) is 0 Å². The lowest BCUT2D eigenvalue weighted by atomic mass is 9.83. The molecule has 2 aliphatic rings. The zero-order chi connectivity index (χ0) is 14.3. The predicted octanol–water partition coefficient (Wildman–Crippen LogP) is 2.77. The number of rotatable bonds is 2. The molecule has 0 radical (unpaired) electrons. The van der Waals surface area contributed by atoms with Crippen molar-refractivity contribution >= 4 is 10.9 Å². The van der Waals surface area contributed by atoms with Crippen LogP contribution in [0.1, 0.15) is 31.4 Å².